The Balaban J connectivity index is 1.65. The monoisotopic (exact) mass is 388 g/mol. The van der Waals surface area contributed by atoms with Crippen LogP contribution < -0.4 is 4.74 Å². The molecule has 0 aliphatic heterocycles. The average Bonchev–Trinajstić information content (AvgIpc) is 3.13. The molecule has 0 radical (unpaired) electrons. The number of thiazole rings is 1. The molecule has 0 N–H and O–H groups in total. The first-order valence-electron chi connectivity index (χ1n) is 8.42. The van der Waals surface area contributed by atoms with Crippen LogP contribution in [0.4, 0.5) is 5.69 Å². The van der Waals surface area contributed by atoms with Gasteiger partial charge in [0.15, 0.2) is 0 Å². The second-order valence-electron chi connectivity index (χ2n) is 5.53. The topological polar surface area (TPSA) is 79.2 Å². The van der Waals surface area contributed by atoms with Crippen molar-refractivity contribution in [2.24, 2.45) is 5.18 Å². The van der Waals surface area contributed by atoms with Gasteiger partial charge in [-0.15, -0.1) is 16.2 Å². The first kappa shape index (κ1) is 19.4. The summed E-state index contributed by atoms with van der Waals surface area (Å²) in [5.41, 5.74) is 2.07. The molecule has 0 amide bonds. The van der Waals surface area contributed by atoms with Crippen molar-refractivity contribution in [3.8, 4) is 16.3 Å². The Hall–Kier alpha value is -2.39. The SMILES string of the molecule is COCOCCOCCOc1cc(N=O)ccc1-c1nc2ccccc2s1. The minimum Gasteiger partial charge on any atom is -0.490 e. The van der Waals surface area contributed by atoms with E-state index in [9.17, 15) is 4.91 Å². The fourth-order valence-electron chi connectivity index (χ4n) is 2.42. The number of nitrogens with zero attached hydrogens (tertiary/aromatic N) is 2. The number of para-hydroxylation sites is 1. The zero-order valence-electron chi connectivity index (χ0n) is 14.9. The summed E-state index contributed by atoms with van der Waals surface area (Å²) >= 11 is 1.57. The van der Waals surface area contributed by atoms with Gasteiger partial charge >= 0.3 is 0 Å². The molecule has 3 aromatic rings. The van der Waals surface area contributed by atoms with Crippen LogP contribution in [0.5, 0.6) is 5.75 Å². The van der Waals surface area contributed by atoms with E-state index in [-0.39, 0.29) is 6.79 Å². The lowest BCUT2D eigenvalue weighted by molar-refractivity contribution is -0.0523. The van der Waals surface area contributed by atoms with Gasteiger partial charge < -0.3 is 18.9 Å². The number of methoxy groups -OCH3 is 1. The van der Waals surface area contributed by atoms with Crippen molar-refractivity contribution in [3.63, 3.8) is 0 Å². The van der Waals surface area contributed by atoms with E-state index in [1.807, 2.05) is 30.3 Å². The molecule has 0 spiro atoms. The van der Waals surface area contributed by atoms with Gasteiger partial charge in [0, 0.05) is 13.2 Å². The summed E-state index contributed by atoms with van der Waals surface area (Å²) in [5.74, 6) is 0.561. The number of benzene rings is 2. The van der Waals surface area contributed by atoms with Crippen LogP contribution in [0.15, 0.2) is 47.6 Å². The molecule has 7 nitrogen and oxygen atoms in total. The molecule has 0 fully saturated rings. The number of hydrogen-bond acceptors (Lipinski definition) is 8. The summed E-state index contributed by atoms with van der Waals surface area (Å²) in [7, 11) is 1.57. The number of rotatable bonds is 11. The summed E-state index contributed by atoms with van der Waals surface area (Å²) in [5, 5.41) is 3.82. The number of fused-ring (bicyclic) bond motifs is 1. The van der Waals surface area contributed by atoms with E-state index in [4.69, 9.17) is 18.9 Å². The van der Waals surface area contributed by atoms with Crippen molar-refractivity contribution < 1.29 is 18.9 Å². The van der Waals surface area contributed by atoms with Crippen LogP contribution in [-0.2, 0) is 14.2 Å². The summed E-state index contributed by atoms with van der Waals surface area (Å²) in [4.78, 5) is 15.5. The van der Waals surface area contributed by atoms with E-state index < -0.39 is 0 Å². The largest absolute Gasteiger partial charge is 0.490 e. The average molecular weight is 388 g/mol. The highest BCUT2D eigenvalue weighted by Gasteiger charge is 2.13. The standard InChI is InChI=1S/C19H20N2O5S/c1-23-13-25-9-8-24-10-11-26-17-12-14(21-22)6-7-15(17)19-20-16-4-2-3-5-18(16)27-19/h2-7,12H,8-11,13H2,1H3. The third-order valence-electron chi connectivity index (χ3n) is 3.65. The fourth-order valence-corrected chi connectivity index (χ4v) is 3.42. The molecule has 0 saturated heterocycles. The van der Waals surface area contributed by atoms with Gasteiger partial charge in [-0.3, -0.25) is 0 Å². The van der Waals surface area contributed by atoms with Gasteiger partial charge in [-0.2, -0.15) is 0 Å². The molecule has 0 atom stereocenters. The van der Waals surface area contributed by atoms with Crippen molar-refractivity contribution in [2.75, 3.05) is 40.3 Å². The lowest BCUT2D eigenvalue weighted by Gasteiger charge is -2.11. The molecule has 0 aliphatic rings. The van der Waals surface area contributed by atoms with E-state index in [0.29, 0.717) is 37.9 Å². The Labute approximate surface area is 160 Å². The van der Waals surface area contributed by atoms with Gasteiger partial charge in [0.25, 0.3) is 0 Å². The van der Waals surface area contributed by atoms with Gasteiger partial charge in [0.1, 0.15) is 29.8 Å². The van der Waals surface area contributed by atoms with Crippen LogP contribution in [0.3, 0.4) is 0 Å². The predicted octanol–water partition coefficient (Wildman–Crippen LogP) is 4.38. The highest BCUT2D eigenvalue weighted by molar-refractivity contribution is 7.21. The van der Waals surface area contributed by atoms with E-state index >= 15 is 0 Å². The van der Waals surface area contributed by atoms with Crippen LogP contribution in [0.1, 0.15) is 0 Å². The molecule has 3 rings (SSSR count). The zero-order chi connectivity index (χ0) is 18.9. The van der Waals surface area contributed by atoms with Crippen molar-refractivity contribution >= 4 is 27.2 Å². The Morgan fingerprint density at radius 1 is 1.04 bits per heavy atom. The number of ether oxygens (including phenoxy) is 4. The number of hydrogen-bond donors (Lipinski definition) is 0. The highest BCUT2D eigenvalue weighted by Crippen LogP contribution is 2.37. The quantitative estimate of drug-likeness (QED) is 0.276. The summed E-state index contributed by atoms with van der Waals surface area (Å²) < 4.78 is 22.3. The van der Waals surface area contributed by atoms with Crippen molar-refractivity contribution in [3.05, 3.63) is 47.4 Å². The maximum atomic E-state index is 10.9. The minimum atomic E-state index is 0.247. The van der Waals surface area contributed by atoms with E-state index in [0.717, 1.165) is 20.8 Å². The summed E-state index contributed by atoms with van der Waals surface area (Å²) in [6.07, 6.45) is 0. The van der Waals surface area contributed by atoms with Gasteiger partial charge in [0.2, 0.25) is 0 Å². The first-order valence-corrected chi connectivity index (χ1v) is 9.24. The summed E-state index contributed by atoms with van der Waals surface area (Å²) in [6, 6.07) is 13.0. The minimum absolute atomic E-state index is 0.247. The Kier molecular flexibility index (Phi) is 7.23. The van der Waals surface area contributed by atoms with E-state index in [1.54, 1.807) is 30.6 Å². The second kappa shape index (κ2) is 10.1. The maximum Gasteiger partial charge on any atom is 0.146 e. The maximum absolute atomic E-state index is 10.9. The smallest absolute Gasteiger partial charge is 0.146 e. The highest BCUT2D eigenvalue weighted by atomic mass is 32.1. The van der Waals surface area contributed by atoms with Gasteiger partial charge in [-0.05, 0) is 29.4 Å². The molecule has 1 aromatic heterocycles. The Bertz CT molecular complexity index is 850. The number of aromatic nitrogens is 1. The van der Waals surface area contributed by atoms with Crippen molar-refractivity contribution in [2.45, 2.75) is 0 Å². The van der Waals surface area contributed by atoms with Crippen LogP contribution in [-0.4, -0.2) is 45.3 Å². The molecule has 0 bridgehead atoms. The molecular formula is C19H20N2O5S. The second-order valence-corrected chi connectivity index (χ2v) is 6.56. The number of nitroso groups, excluding NO2 is 1. The zero-order valence-corrected chi connectivity index (χ0v) is 15.7. The van der Waals surface area contributed by atoms with E-state index in [1.165, 1.54) is 0 Å². The summed E-state index contributed by atoms with van der Waals surface area (Å²) in [6.45, 7) is 1.89. The molecule has 8 heteroatoms. The van der Waals surface area contributed by atoms with E-state index in [2.05, 4.69) is 10.2 Å². The van der Waals surface area contributed by atoms with Crippen LogP contribution in [0, 0.1) is 4.91 Å². The van der Waals surface area contributed by atoms with Crippen molar-refractivity contribution in [1.29, 1.82) is 0 Å². The third kappa shape index (κ3) is 5.30. The van der Waals surface area contributed by atoms with Gasteiger partial charge in [-0.25, -0.2) is 4.98 Å². The predicted molar refractivity (Wildman–Crippen MR) is 105 cm³/mol. The van der Waals surface area contributed by atoms with Crippen LogP contribution >= 0.6 is 11.3 Å². The molecule has 0 aliphatic carbocycles. The van der Waals surface area contributed by atoms with Crippen molar-refractivity contribution in [1.82, 2.24) is 4.98 Å². The van der Waals surface area contributed by atoms with Crippen LogP contribution in [0.2, 0.25) is 0 Å². The molecule has 27 heavy (non-hydrogen) atoms. The first-order chi connectivity index (χ1) is 13.3. The fraction of sp³-hybridized carbons (Fsp3) is 0.316. The molecule has 0 saturated carbocycles. The molecule has 1 heterocycles. The Morgan fingerprint density at radius 2 is 1.85 bits per heavy atom. The lowest BCUT2D eigenvalue weighted by Crippen LogP contribution is -2.11. The Morgan fingerprint density at radius 3 is 2.67 bits per heavy atom. The lowest BCUT2D eigenvalue weighted by atomic mass is 10.2. The third-order valence-corrected chi connectivity index (χ3v) is 4.72. The van der Waals surface area contributed by atoms with Crippen LogP contribution in [0.25, 0.3) is 20.8 Å². The molecule has 0 unspecified atom stereocenters. The molecular weight excluding hydrogens is 368 g/mol. The van der Waals surface area contributed by atoms with Gasteiger partial charge in [0.05, 0.1) is 35.6 Å². The molecule has 2 aromatic carbocycles. The molecule has 142 valence electrons. The normalized spacial score (nSPS) is 11.0. The van der Waals surface area contributed by atoms with Gasteiger partial charge in [-0.1, -0.05) is 12.1 Å².